The van der Waals surface area contributed by atoms with Crippen LogP contribution in [0.1, 0.15) is 33.3 Å². The smallest absolute Gasteiger partial charge is 0.324 e. The second-order valence-electron chi connectivity index (χ2n) is 7.13. The number of rotatable bonds is 10. The molecule has 1 atom stereocenters. The van der Waals surface area contributed by atoms with Crippen molar-refractivity contribution >= 4 is 21.9 Å². The van der Waals surface area contributed by atoms with Gasteiger partial charge in [0.05, 0.1) is 4.90 Å². The molecule has 156 valence electrons. The first kappa shape index (κ1) is 23.8. The molecule has 0 radical (unpaired) electrons. The molecule has 0 fully saturated rings. The highest BCUT2D eigenvalue weighted by molar-refractivity contribution is 7.89. The van der Waals surface area contributed by atoms with Crippen LogP contribution in [-0.4, -0.2) is 50.9 Å². The van der Waals surface area contributed by atoms with Crippen molar-refractivity contribution < 1.29 is 22.7 Å². The topological polar surface area (TPSA) is 92.8 Å². The summed E-state index contributed by atoms with van der Waals surface area (Å²) in [4.78, 5) is 26.2. The largest absolute Gasteiger partial charge is 0.454 e. The minimum Gasteiger partial charge on any atom is -0.454 e. The summed E-state index contributed by atoms with van der Waals surface area (Å²) in [6.45, 7) is 13.0. The predicted octanol–water partition coefficient (Wildman–Crippen LogP) is 2.27. The van der Waals surface area contributed by atoms with Crippen molar-refractivity contribution in [3.8, 4) is 0 Å². The van der Waals surface area contributed by atoms with Gasteiger partial charge in [0.15, 0.2) is 6.61 Å². The highest BCUT2D eigenvalue weighted by atomic mass is 32.2. The van der Waals surface area contributed by atoms with Crippen molar-refractivity contribution in [3.05, 3.63) is 42.0 Å². The van der Waals surface area contributed by atoms with E-state index in [1.807, 2.05) is 13.8 Å². The zero-order valence-corrected chi connectivity index (χ0v) is 18.0. The molecule has 1 N–H and O–H groups in total. The van der Waals surface area contributed by atoms with Gasteiger partial charge < -0.3 is 9.64 Å². The van der Waals surface area contributed by atoms with E-state index in [1.165, 1.54) is 17.0 Å². The average molecular weight is 411 g/mol. The van der Waals surface area contributed by atoms with Crippen LogP contribution in [0.15, 0.2) is 41.3 Å². The SMILES string of the molecule is C=C(C)CN(CC)C(=O)COC(=O)C(NS(=O)(=O)c1ccc(C)cc1)C(C)C. The quantitative estimate of drug-likeness (QED) is 0.472. The van der Waals surface area contributed by atoms with Gasteiger partial charge in [-0.25, -0.2) is 8.42 Å². The molecule has 0 saturated carbocycles. The number of hydrogen-bond donors (Lipinski definition) is 1. The molecule has 0 aliphatic rings. The fourth-order valence-electron chi connectivity index (χ4n) is 2.43. The molecular formula is C20H30N2O5S. The van der Waals surface area contributed by atoms with Crippen LogP contribution in [0.5, 0.6) is 0 Å². The lowest BCUT2D eigenvalue weighted by Gasteiger charge is -2.23. The lowest BCUT2D eigenvalue weighted by atomic mass is 10.1. The first-order valence-electron chi connectivity index (χ1n) is 9.15. The predicted molar refractivity (Wildman–Crippen MR) is 108 cm³/mol. The van der Waals surface area contributed by atoms with Gasteiger partial charge >= 0.3 is 5.97 Å². The third-order valence-corrected chi connectivity index (χ3v) is 5.52. The third kappa shape index (κ3) is 7.09. The van der Waals surface area contributed by atoms with Crippen molar-refractivity contribution in [3.63, 3.8) is 0 Å². The van der Waals surface area contributed by atoms with E-state index in [0.29, 0.717) is 13.1 Å². The lowest BCUT2D eigenvalue weighted by molar-refractivity contribution is -0.154. The molecule has 0 heterocycles. The van der Waals surface area contributed by atoms with E-state index in [1.54, 1.807) is 32.9 Å². The second kappa shape index (κ2) is 10.4. The van der Waals surface area contributed by atoms with Crippen molar-refractivity contribution in [2.24, 2.45) is 5.92 Å². The zero-order valence-electron chi connectivity index (χ0n) is 17.2. The summed E-state index contributed by atoms with van der Waals surface area (Å²) in [5.74, 6) is -1.51. The van der Waals surface area contributed by atoms with Crippen LogP contribution in [0.25, 0.3) is 0 Å². The van der Waals surface area contributed by atoms with Crippen LogP contribution in [0.3, 0.4) is 0 Å². The second-order valence-corrected chi connectivity index (χ2v) is 8.84. The van der Waals surface area contributed by atoms with Gasteiger partial charge in [0.25, 0.3) is 5.91 Å². The summed E-state index contributed by atoms with van der Waals surface area (Å²) in [6.07, 6.45) is 0. The Morgan fingerprint density at radius 1 is 1.21 bits per heavy atom. The van der Waals surface area contributed by atoms with Gasteiger partial charge in [-0.05, 0) is 38.8 Å². The number of nitrogens with one attached hydrogen (secondary N) is 1. The molecule has 0 bridgehead atoms. The molecule has 1 aromatic rings. The molecule has 1 amide bonds. The maximum absolute atomic E-state index is 12.6. The summed E-state index contributed by atoms with van der Waals surface area (Å²) < 4.78 is 32.6. The fourth-order valence-corrected chi connectivity index (χ4v) is 3.76. The van der Waals surface area contributed by atoms with E-state index in [4.69, 9.17) is 4.74 Å². The van der Waals surface area contributed by atoms with E-state index in [0.717, 1.165) is 11.1 Å². The molecule has 0 saturated heterocycles. The number of carbonyl (C=O) groups excluding carboxylic acids is 2. The van der Waals surface area contributed by atoms with Gasteiger partial charge in [-0.3, -0.25) is 9.59 Å². The van der Waals surface area contributed by atoms with E-state index in [-0.39, 0.29) is 16.7 Å². The number of carbonyl (C=O) groups is 2. The fraction of sp³-hybridized carbons (Fsp3) is 0.500. The lowest BCUT2D eigenvalue weighted by Crippen LogP contribution is -2.46. The molecule has 0 aliphatic heterocycles. The molecule has 0 aliphatic carbocycles. The van der Waals surface area contributed by atoms with Crippen LogP contribution in [-0.2, 0) is 24.3 Å². The summed E-state index contributed by atoms with van der Waals surface area (Å²) in [5.41, 5.74) is 1.74. The standard InChI is InChI=1S/C20H30N2O5S/c1-7-22(12-14(2)3)18(23)13-27-20(24)19(15(4)5)21-28(25,26)17-10-8-16(6)9-11-17/h8-11,15,19,21H,2,7,12-13H2,1,3-6H3. The number of likely N-dealkylation sites (N-methyl/N-ethyl adjacent to an activating group) is 1. The van der Waals surface area contributed by atoms with Gasteiger partial charge in [0.1, 0.15) is 6.04 Å². The van der Waals surface area contributed by atoms with Crippen LogP contribution >= 0.6 is 0 Å². The Morgan fingerprint density at radius 2 is 1.79 bits per heavy atom. The maximum Gasteiger partial charge on any atom is 0.324 e. The van der Waals surface area contributed by atoms with Crippen LogP contribution < -0.4 is 4.72 Å². The van der Waals surface area contributed by atoms with Gasteiger partial charge in [-0.15, -0.1) is 0 Å². The summed E-state index contributed by atoms with van der Waals surface area (Å²) in [7, 11) is -3.90. The van der Waals surface area contributed by atoms with Crippen molar-refractivity contribution in [1.29, 1.82) is 0 Å². The molecule has 28 heavy (non-hydrogen) atoms. The number of ether oxygens (including phenoxy) is 1. The Hall–Kier alpha value is -2.19. The number of esters is 1. The van der Waals surface area contributed by atoms with Gasteiger partial charge in [0, 0.05) is 13.1 Å². The van der Waals surface area contributed by atoms with Crippen molar-refractivity contribution in [2.45, 2.75) is 45.6 Å². The van der Waals surface area contributed by atoms with E-state index in [9.17, 15) is 18.0 Å². The molecular weight excluding hydrogens is 380 g/mol. The molecule has 1 unspecified atom stereocenters. The summed E-state index contributed by atoms with van der Waals surface area (Å²) in [5, 5.41) is 0. The number of sulfonamides is 1. The Balaban J connectivity index is 2.82. The maximum atomic E-state index is 12.6. The van der Waals surface area contributed by atoms with Gasteiger partial charge in [-0.1, -0.05) is 43.7 Å². The monoisotopic (exact) mass is 410 g/mol. The van der Waals surface area contributed by atoms with Crippen molar-refractivity contribution in [2.75, 3.05) is 19.7 Å². The highest BCUT2D eigenvalue weighted by Crippen LogP contribution is 2.14. The number of nitrogens with zero attached hydrogens (tertiary/aromatic N) is 1. The number of amides is 1. The Kier molecular flexibility index (Phi) is 8.84. The summed E-state index contributed by atoms with van der Waals surface area (Å²) >= 11 is 0. The third-order valence-electron chi connectivity index (χ3n) is 4.07. The Bertz CT molecular complexity index is 800. The highest BCUT2D eigenvalue weighted by Gasteiger charge is 2.30. The summed E-state index contributed by atoms with van der Waals surface area (Å²) in [6, 6.07) is 5.20. The molecule has 1 rings (SSSR count). The van der Waals surface area contributed by atoms with Gasteiger partial charge in [-0.2, -0.15) is 4.72 Å². The van der Waals surface area contributed by atoms with E-state index in [2.05, 4.69) is 11.3 Å². The zero-order chi connectivity index (χ0) is 21.5. The van der Waals surface area contributed by atoms with Gasteiger partial charge in [0.2, 0.25) is 10.0 Å². The minimum absolute atomic E-state index is 0.0613. The van der Waals surface area contributed by atoms with Crippen molar-refractivity contribution in [1.82, 2.24) is 9.62 Å². The molecule has 8 heteroatoms. The Morgan fingerprint density at radius 3 is 2.25 bits per heavy atom. The van der Waals surface area contributed by atoms with Crippen LogP contribution in [0.4, 0.5) is 0 Å². The Labute approximate surface area is 167 Å². The van der Waals surface area contributed by atoms with E-state index < -0.39 is 28.6 Å². The first-order chi connectivity index (χ1) is 13.0. The number of benzene rings is 1. The van der Waals surface area contributed by atoms with Crippen LogP contribution in [0, 0.1) is 12.8 Å². The molecule has 7 nitrogen and oxygen atoms in total. The number of hydrogen-bond acceptors (Lipinski definition) is 5. The average Bonchev–Trinajstić information content (AvgIpc) is 2.61. The minimum atomic E-state index is -3.90. The number of aryl methyl sites for hydroxylation is 1. The molecule has 1 aromatic carbocycles. The first-order valence-corrected chi connectivity index (χ1v) is 10.6. The normalized spacial score (nSPS) is 12.5. The molecule has 0 spiro atoms. The van der Waals surface area contributed by atoms with E-state index >= 15 is 0 Å². The van der Waals surface area contributed by atoms with Crippen LogP contribution in [0.2, 0.25) is 0 Å². The molecule has 0 aromatic heterocycles.